The predicted molar refractivity (Wildman–Crippen MR) is 114 cm³/mol. The minimum atomic E-state index is -0.544. The van der Waals surface area contributed by atoms with Gasteiger partial charge in [0.2, 0.25) is 0 Å². The fourth-order valence-electron chi connectivity index (χ4n) is 4.65. The Kier molecular flexibility index (Phi) is 5.02. The number of benzene rings is 2. The minimum Gasteiger partial charge on any atom is -0.390 e. The Morgan fingerprint density at radius 1 is 0.931 bits per heavy atom. The zero-order valence-electron chi connectivity index (χ0n) is 16.8. The van der Waals surface area contributed by atoms with Gasteiger partial charge in [0.1, 0.15) is 0 Å². The molecule has 2 heterocycles. The van der Waals surface area contributed by atoms with Gasteiger partial charge in [-0.25, -0.2) is 4.79 Å². The topological polar surface area (TPSA) is 47.0 Å². The summed E-state index contributed by atoms with van der Waals surface area (Å²) in [6.07, 6.45) is 2.90. The number of amides is 2. The molecule has 0 aromatic heterocycles. The highest BCUT2D eigenvalue weighted by Crippen LogP contribution is 2.35. The lowest BCUT2D eigenvalue weighted by Crippen LogP contribution is -2.51. The maximum Gasteiger partial charge on any atom is 0.324 e. The number of anilines is 1. The summed E-state index contributed by atoms with van der Waals surface area (Å²) in [5.74, 6) is 0.630. The highest BCUT2D eigenvalue weighted by atomic mass is 16.3. The number of aliphatic hydroxyl groups is 1. The molecule has 0 saturated heterocycles. The Bertz CT molecular complexity index is 895. The average molecular weight is 392 g/mol. The third-order valence-electron chi connectivity index (χ3n) is 6.39. The number of rotatable bonds is 6. The van der Waals surface area contributed by atoms with E-state index in [1.807, 2.05) is 21.9 Å². The molecule has 152 valence electrons. The summed E-state index contributed by atoms with van der Waals surface area (Å²) in [5, 5.41) is 10.8. The Labute approximate surface area is 172 Å². The van der Waals surface area contributed by atoms with E-state index in [0.717, 1.165) is 31.7 Å². The molecule has 1 N–H and O–H groups in total. The van der Waals surface area contributed by atoms with Crippen molar-refractivity contribution >= 4 is 11.7 Å². The van der Waals surface area contributed by atoms with Crippen LogP contribution in [0, 0.1) is 5.92 Å². The summed E-state index contributed by atoms with van der Waals surface area (Å²) in [6.45, 7) is 4.19. The molecule has 2 aromatic rings. The summed E-state index contributed by atoms with van der Waals surface area (Å²) < 4.78 is 0. The fourth-order valence-corrected chi connectivity index (χ4v) is 4.65. The SMILES string of the molecule is O=C1N(C[C@H](O)CN2CCc3ccccc3C2)Cc2ccccc2N1CC1CC1. The number of fused-ring (bicyclic) bond motifs is 2. The number of hydrogen-bond acceptors (Lipinski definition) is 3. The van der Waals surface area contributed by atoms with Crippen LogP contribution in [-0.2, 0) is 19.5 Å². The van der Waals surface area contributed by atoms with E-state index in [-0.39, 0.29) is 6.03 Å². The molecule has 0 radical (unpaired) electrons. The van der Waals surface area contributed by atoms with Crippen molar-refractivity contribution in [2.24, 2.45) is 5.92 Å². The Morgan fingerprint density at radius 3 is 2.45 bits per heavy atom. The summed E-state index contributed by atoms with van der Waals surface area (Å²) >= 11 is 0. The summed E-state index contributed by atoms with van der Waals surface area (Å²) in [7, 11) is 0. The van der Waals surface area contributed by atoms with E-state index < -0.39 is 6.10 Å². The summed E-state index contributed by atoms with van der Waals surface area (Å²) in [5.41, 5.74) is 4.98. The lowest BCUT2D eigenvalue weighted by molar-refractivity contribution is 0.0755. The van der Waals surface area contributed by atoms with Gasteiger partial charge in [-0.15, -0.1) is 0 Å². The second-order valence-corrected chi connectivity index (χ2v) is 8.75. The monoisotopic (exact) mass is 391 g/mol. The highest BCUT2D eigenvalue weighted by molar-refractivity contribution is 5.95. The molecule has 0 bridgehead atoms. The second kappa shape index (κ2) is 7.81. The van der Waals surface area contributed by atoms with Gasteiger partial charge in [-0.1, -0.05) is 42.5 Å². The Balaban J connectivity index is 1.24. The van der Waals surface area contributed by atoms with Crippen LogP contribution in [0.5, 0.6) is 0 Å². The van der Waals surface area contributed by atoms with Crippen molar-refractivity contribution in [2.75, 3.05) is 31.1 Å². The van der Waals surface area contributed by atoms with Crippen LogP contribution in [0.1, 0.15) is 29.5 Å². The van der Waals surface area contributed by atoms with Gasteiger partial charge in [0, 0.05) is 39.3 Å². The van der Waals surface area contributed by atoms with E-state index >= 15 is 0 Å². The predicted octanol–water partition coefficient (Wildman–Crippen LogP) is 3.26. The van der Waals surface area contributed by atoms with Crippen LogP contribution in [0.3, 0.4) is 0 Å². The zero-order valence-corrected chi connectivity index (χ0v) is 16.8. The van der Waals surface area contributed by atoms with Gasteiger partial charge in [-0.2, -0.15) is 0 Å². The van der Waals surface area contributed by atoms with Gasteiger partial charge in [-0.05, 0) is 47.9 Å². The van der Waals surface area contributed by atoms with Crippen molar-refractivity contribution < 1.29 is 9.90 Å². The molecule has 2 amide bonds. The number of aliphatic hydroxyl groups excluding tert-OH is 1. The van der Waals surface area contributed by atoms with Crippen molar-refractivity contribution in [3.8, 4) is 0 Å². The largest absolute Gasteiger partial charge is 0.390 e. The molecule has 3 aliphatic rings. The second-order valence-electron chi connectivity index (χ2n) is 8.75. The molecule has 2 aromatic carbocycles. The molecule has 5 rings (SSSR count). The van der Waals surface area contributed by atoms with Crippen molar-refractivity contribution in [1.82, 2.24) is 9.80 Å². The smallest absolute Gasteiger partial charge is 0.324 e. The number of carbonyl (C=O) groups is 1. The van der Waals surface area contributed by atoms with E-state index in [4.69, 9.17) is 0 Å². The van der Waals surface area contributed by atoms with Crippen LogP contribution in [0.25, 0.3) is 0 Å². The van der Waals surface area contributed by atoms with Crippen molar-refractivity contribution in [3.63, 3.8) is 0 Å². The molecule has 2 aliphatic heterocycles. The van der Waals surface area contributed by atoms with Crippen LogP contribution in [-0.4, -0.2) is 53.2 Å². The zero-order chi connectivity index (χ0) is 19.8. The van der Waals surface area contributed by atoms with Gasteiger partial charge in [0.15, 0.2) is 0 Å². The normalized spacial score (nSPS) is 20.4. The maximum absolute atomic E-state index is 13.2. The van der Waals surface area contributed by atoms with Crippen LogP contribution in [0.2, 0.25) is 0 Å². The molecular weight excluding hydrogens is 362 g/mol. The lowest BCUT2D eigenvalue weighted by Gasteiger charge is -2.39. The average Bonchev–Trinajstić information content (AvgIpc) is 3.55. The van der Waals surface area contributed by atoms with Crippen LogP contribution < -0.4 is 4.90 Å². The Morgan fingerprint density at radius 2 is 1.66 bits per heavy atom. The maximum atomic E-state index is 13.2. The fraction of sp³-hybridized carbons (Fsp3) is 0.458. The first-order valence-corrected chi connectivity index (χ1v) is 10.8. The molecule has 5 nitrogen and oxygen atoms in total. The summed E-state index contributed by atoms with van der Waals surface area (Å²) in [6, 6.07) is 16.8. The van der Waals surface area contributed by atoms with E-state index in [9.17, 15) is 9.90 Å². The molecule has 1 fully saturated rings. The van der Waals surface area contributed by atoms with E-state index in [1.54, 1.807) is 0 Å². The van der Waals surface area contributed by atoms with Crippen molar-refractivity contribution in [1.29, 1.82) is 0 Å². The first kappa shape index (κ1) is 18.6. The Hall–Kier alpha value is -2.37. The standard InChI is InChI=1S/C24H29N3O2/c28-22(16-25-12-11-19-5-1-2-6-20(19)14-25)17-26-15-21-7-3-4-8-23(21)27(24(26)29)13-18-9-10-18/h1-8,18,22,28H,9-17H2/t22-/m1/s1. The van der Waals surface area contributed by atoms with Crippen LogP contribution in [0.4, 0.5) is 10.5 Å². The molecule has 29 heavy (non-hydrogen) atoms. The lowest BCUT2D eigenvalue weighted by atomic mass is 10.00. The van der Waals surface area contributed by atoms with Gasteiger partial charge in [0.05, 0.1) is 11.8 Å². The van der Waals surface area contributed by atoms with E-state index in [0.29, 0.717) is 25.6 Å². The molecule has 1 aliphatic carbocycles. The molecule has 0 unspecified atom stereocenters. The minimum absolute atomic E-state index is 0.0404. The number of carbonyl (C=O) groups excluding carboxylic acids is 1. The number of β-amino-alcohol motifs (C(OH)–C–C–N with tert-alkyl or cyclic N) is 1. The third-order valence-corrected chi connectivity index (χ3v) is 6.39. The quantitative estimate of drug-likeness (QED) is 0.822. The van der Waals surface area contributed by atoms with Gasteiger partial charge in [0.25, 0.3) is 0 Å². The first-order valence-electron chi connectivity index (χ1n) is 10.8. The van der Waals surface area contributed by atoms with Crippen LogP contribution in [0.15, 0.2) is 48.5 Å². The van der Waals surface area contributed by atoms with Crippen molar-refractivity contribution in [3.05, 3.63) is 65.2 Å². The number of urea groups is 1. The molecule has 1 atom stereocenters. The first-order chi connectivity index (χ1) is 14.2. The van der Waals surface area contributed by atoms with Gasteiger partial charge in [-0.3, -0.25) is 9.80 Å². The van der Waals surface area contributed by atoms with Crippen molar-refractivity contribution in [2.45, 2.75) is 38.5 Å². The molecular formula is C24H29N3O2. The number of nitrogens with zero attached hydrogens (tertiary/aromatic N) is 3. The number of hydrogen-bond donors (Lipinski definition) is 1. The van der Waals surface area contributed by atoms with E-state index in [1.165, 1.54) is 29.5 Å². The van der Waals surface area contributed by atoms with Crippen LogP contribution >= 0.6 is 0 Å². The van der Waals surface area contributed by atoms with Gasteiger partial charge >= 0.3 is 6.03 Å². The highest BCUT2D eigenvalue weighted by Gasteiger charge is 2.35. The number of para-hydroxylation sites is 1. The van der Waals surface area contributed by atoms with E-state index in [2.05, 4.69) is 41.3 Å². The molecule has 5 heteroatoms. The third kappa shape index (κ3) is 4.02. The van der Waals surface area contributed by atoms with Gasteiger partial charge < -0.3 is 10.0 Å². The summed E-state index contributed by atoms with van der Waals surface area (Å²) in [4.78, 5) is 19.2. The molecule has 1 saturated carbocycles. The molecule has 0 spiro atoms.